The van der Waals surface area contributed by atoms with Gasteiger partial charge in [-0.15, -0.1) is 0 Å². The highest BCUT2D eigenvalue weighted by Gasteiger charge is 2.48. The van der Waals surface area contributed by atoms with Gasteiger partial charge in [0, 0.05) is 67.0 Å². The minimum absolute atomic E-state index is 0.207. The Labute approximate surface area is 375 Å². The SMILES string of the molecule is CC1(C)c2cc3c(cc2N2c4c(cc(N(c5ccccc5)c5ccccc5)cc41)C1=CC=CCC12)C(C)(C)c1cc(N(c2ccccc2)c2ccccc2)cc2c4ccccc4n-3c12. The maximum Gasteiger partial charge on any atom is 0.0633 e. The van der Waals surface area contributed by atoms with E-state index in [-0.39, 0.29) is 16.9 Å². The fourth-order valence-electron chi connectivity index (χ4n) is 11.7. The van der Waals surface area contributed by atoms with Gasteiger partial charge in [-0.25, -0.2) is 0 Å². The summed E-state index contributed by atoms with van der Waals surface area (Å²) in [7, 11) is 0. The predicted octanol–water partition coefficient (Wildman–Crippen LogP) is 15.9. The topological polar surface area (TPSA) is 14.7 Å². The molecule has 13 rings (SSSR count). The minimum Gasteiger partial charge on any atom is -0.333 e. The molecule has 0 bridgehead atoms. The maximum absolute atomic E-state index is 2.72. The number of aromatic nitrogens is 1. The van der Waals surface area contributed by atoms with Crippen molar-refractivity contribution in [2.75, 3.05) is 14.7 Å². The molecule has 0 spiro atoms. The minimum atomic E-state index is -0.324. The van der Waals surface area contributed by atoms with E-state index in [2.05, 4.69) is 247 Å². The van der Waals surface area contributed by atoms with Crippen LogP contribution in [0.5, 0.6) is 0 Å². The molecule has 0 radical (unpaired) electrons. The molecule has 0 saturated heterocycles. The smallest absolute Gasteiger partial charge is 0.0633 e. The summed E-state index contributed by atoms with van der Waals surface area (Å²) in [6.07, 6.45) is 7.96. The number of para-hydroxylation sites is 5. The third-order valence-corrected chi connectivity index (χ3v) is 14.7. The highest BCUT2D eigenvalue weighted by atomic mass is 15.2. The first-order valence-electron chi connectivity index (χ1n) is 22.7. The molecular formula is C60H48N4. The van der Waals surface area contributed by atoms with E-state index in [1.54, 1.807) is 0 Å². The molecule has 1 aromatic heterocycles. The Balaban J connectivity index is 1.07. The Morgan fingerprint density at radius 2 is 0.969 bits per heavy atom. The molecule has 0 N–H and O–H groups in total. The van der Waals surface area contributed by atoms with Gasteiger partial charge in [0.25, 0.3) is 0 Å². The van der Waals surface area contributed by atoms with Gasteiger partial charge < -0.3 is 19.3 Å². The number of fused-ring (bicyclic) bond motifs is 10. The molecule has 0 amide bonds. The van der Waals surface area contributed by atoms with E-state index < -0.39 is 0 Å². The number of benzene rings is 8. The first kappa shape index (κ1) is 37.0. The van der Waals surface area contributed by atoms with E-state index in [1.165, 1.54) is 77.9 Å². The van der Waals surface area contributed by atoms with Crippen LogP contribution in [0, 0.1) is 0 Å². The van der Waals surface area contributed by atoms with Crippen molar-refractivity contribution in [1.29, 1.82) is 0 Å². The van der Waals surface area contributed by atoms with Crippen molar-refractivity contribution >= 4 is 72.9 Å². The van der Waals surface area contributed by atoms with E-state index in [0.717, 1.165) is 34.9 Å². The van der Waals surface area contributed by atoms with E-state index in [0.29, 0.717) is 0 Å². The van der Waals surface area contributed by atoms with Gasteiger partial charge >= 0.3 is 0 Å². The van der Waals surface area contributed by atoms with Gasteiger partial charge in [-0.1, -0.05) is 137 Å². The monoisotopic (exact) mass is 824 g/mol. The largest absolute Gasteiger partial charge is 0.333 e. The summed E-state index contributed by atoms with van der Waals surface area (Å²) < 4.78 is 2.60. The van der Waals surface area contributed by atoms with Crippen LogP contribution in [0.15, 0.2) is 200 Å². The van der Waals surface area contributed by atoms with Crippen LogP contribution in [-0.2, 0) is 10.8 Å². The lowest BCUT2D eigenvalue weighted by molar-refractivity contribution is 0.606. The van der Waals surface area contributed by atoms with Crippen molar-refractivity contribution in [2.24, 2.45) is 0 Å². The zero-order valence-corrected chi connectivity index (χ0v) is 36.6. The molecule has 308 valence electrons. The Hall–Kier alpha value is -7.56. The van der Waals surface area contributed by atoms with Crippen molar-refractivity contribution in [3.05, 3.63) is 228 Å². The molecule has 64 heavy (non-hydrogen) atoms. The Morgan fingerprint density at radius 1 is 0.469 bits per heavy atom. The standard InChI is InChI=1S/C60H48N4/c1-59(2)49-37-56-50(38-55(49)63-53-31-19-17-29-45(53)47-33-43(35-51(59)57(47)63)61(39-21-9-5-10-22-39)40-23-11-6-12-24-40)60(3,4)52-36-44(34-48-46-30-18-20-32-54(46)64(56)58(48)52)62(41-25-13-7-14-26-41)42-27-15-8-16-28-42/h5-31,33-38,54H,32H2,1-4H3. The van der Waals surface area contributed by atoms with Crippen LogP contribution in [-0.4, -0.2) is 10.6 Å². The molecule has 4 nitrogen and oxygen atoms in total. The summed E-state index contributed by atoms with van der Waals surface area (Å²) in [6.45, 7) is 9.82. The van der Waals surface area contributed by atoms with Gasteiger partial charge in [0.05, 0.1) is 28.5 Å². The van der Waals surface area contributed by atoms with Gasteiger partial charge in [0.2, 0.25) is 0 Å². The molecular weight excluding hydrogens is 777 g/mol. The van der Waals surface area contributed by atoms with Crippen molar-refractivity contribution in [2.45, 2.75) is 51.0 Å². The van der Waals surface area contributed by atoms with Crippen molar-refractivity contribution < 1.29 is 0 Å². The molecule has 4 heteroatoms. The number of allylic oxidation sites excluding steroid dienone is 2. The lowest BCUT2D eigenvalue weighted by atomic mass is 9.69. The first-order chi connectivity index (χ1) is 31.3. The fourth-order valence-corrected chi connectivity index (χ4v) is 11.7. The average Bonchev–Trinajstić information content (AvgIpc) is 3.85. The maximum atomic E-state index is 2.72. The number of hydrogen-bond acceptors (Lipinski definition) is 3. The van der Waals surface area contributed by atoms with Crippen LogP contribution in [0.4, 0.5) is 45.5 Å². The summed E-state index contributed by atoms with van der Waals surface area (Å²) in [5, 5.41) is 2.55. The second-order valence-electron chi connectivity index (χ2n) is 19.0. The molecule has 9 aromatic rings. The number of hydrogen-bond donors (Lipinski definition) is 0. The van der Waals surface area contributed by atoms with Crippen LogP contribution >= 0.6 is 0 Å². The van der Waals surface area contributed by atoms with Crippen LogP contribution in [0.3, 0.4) is 0 Å². The Bertz CT molecular complexity index is 3330. The zero-order valence-electron chi connectivity index (χ0n) is 36.6. The summed E-state index contributed by atoms with van der Waals surface area (Å²) in [5.41, 5.74) is 20.9. The van der Waals surface area contributed by atoms with Gasteiger partial charge in [-0.3, -0.25) is 0 Å². The van der Waals surface area contributed by atoms with Crippen molar-refractivity contribution in [3.8, 4) is 5.69 Å². The highest BCUT2D eigenvalue weighted by Crippen LogP contribution is 2.62. The van der Waals surface area contributed by atoms with Crippen molar-refractivity contribution in [3.63, 3.8) is 0 Å². The predicted molar refractivity (Wildman–Crippen MR) is 269 cm³/mol. The van der Waals surface area contributed by atoms with E-state index in [9.17, 15) is 0 Å². The summed E-state index contributed by atoms with van der Waals surface area (Å²) in [6, 6.07) is 67.6. The molecule has 4 heterocycles. The second kappa shape index (κ2) is 13.5. The summed E-state index contributed by atoms with van der Waals surface area (Å²) in [5.74, 6) is 0. The summed E-state index contributed by atoms with van der Waals surface area (Å²) >= 11 is 0. The van der Waals surface area contributed by atoms with Gasteiger partial charge in [0.1, 0.15) is 0 Å². The lowest BCUT2D eigenvalue weighted by Crippen LogP contribution is -2.37. The van der Waals surface area contributed by atoms with Gasteiger partial charge in [0.15, 0.2) is 0 Å². The highest BCUT2D eigenvalue weighted by molar-refractivity contribution is 6.13. The fraction of sp³-hybridized carbons (Fsp3) is 0.133. The molecule has 1 atom stereocenters. The van der Waals surface area contributed by atoms with Crippen molar-refractivity contribution in [1.82, 2.24) is 4.57 Å². The van der Waals surface area contributed by atoms with E-state index in [1.807, 2.05) is 0 Å². The average molecular weight is 825 g/mol. The summed E-state index contributed by atoms with van der Waals surface area (Å²) in [4.78, 5) is 7.57. The van der Waals surface area contributed by atoms with E-state index in [4.69, 9.17) is 0 Å². The Kier molecular flexibility index (Phi) is 7.80. The van der Waals surface area contributed by atoms with Crippen LogP contribution in [0.1, 0.15) is 61.9 Å². The van der Waals surface area contributed by atoms with Gasteiger partial charge in [-0.05, 0) is 125 Å². The first-order valence-corrected chi connectivity index (χ1v) is 22.7. The number of nitrogens with zero attached hydrogens (tertiary/aromatic N) is 4. The molecule has 4 aliphatic rings. The second-order valence-corrected chi connectivity index (χ2v) is 19.0. The quantitative estimate of drug-likeness (QED) is 0.166. The van der Waals surface area contributed by atoms with Gasteiger partial charge in [-0.2, -0.15) is 0 Å². The normalized spacial score (nSPS) is 16.8. The van der Waals surface area contributed by atoms with Crippen LogP contribution in [0.25, 0.3) is 33.1 Å². The van der Waals surface area contributed by atoms with Crippen LogP contribution < -0.4 is 14.7 Å². The molecule has 1 aliphatic carbocycles. The third-order valence-electron chi connectivity index (χ3n) is 14.7. The zero-order chi connectivity index (χ0) is 42.9. The number of rotatable bonds is 6. The lowest BCUT2D eigenvalue weighted by Gasteiger charge is -2.45. The van der Waals surface area contributed by atoms with E-state index >= 15 is 0 Å². The molecule has 0 saturated carbocycles. The van der Waals surface area contributed by atoms with Crippen LogP contribution in [0.2, 0.25) is 0 Å². The Morgan fingerprint density at radius 3 is 1.58 bits per heavy atom. The number of anilines is 8. The molecule has 0 fully saturated rings. The molecule has 1 unspecified atom stereocenters. The molecule has 3 aliphatic heterocycles. The molecule has 8 aromatic carbocycles. The third kappa shape index (κ3) is 5.11.